The Morgan fingerprint density at radius 3 is 2.53 bits per heavy atom. The number of aromatic nitrogens is 1. The third kappa shape index (κ3) is 5.52. The first-order valence-corrected chi connectivity index (χ1v) is 12.8. The number of para-hydroxylation sites is 2. The lowest BCUT2D eigenvalue weighted by molar-refractivity contribution is -0.113. The van der Waals surface area contributed by atoms with Crippen LogP contribution in [0.1, 0.15) is 11.1 Å². The highest BCUT2D eigenvalue weighted by Gasteiger charge is 2.19. The number of oxazole rings is 1. The van der Waals surface area contributed by atoms with Crippen LogP contribution in [0, 0.1) is 13.8 Å². The number of benzene rings is 3. The van der Waals surface area contributed by atoms with Crippen LogP contribution in [0.15, 0.2) is 75.2 Å². The number of hydrogen-bond acceptors (Lipinski definition) is 7. The first-order chi connectivity index (χ1) is 16.2. The predicted molar refractivity (Wildman–Crippen MR) is 133 cm³/mol. The van der Waals surface area contributed by atoms with E-state index >= 15 is 0 Å². The number of carbonyl (C=O) groups excluding carboxylic acids is 1. The van der Waals surface area contributed by atoms with Gasteiger partial charge in [0.2, 0.25) is 5.91 Å². The summed E-state index contributed by atoms with van der Waals surface area (Å²) in [7, 11) is -2.41. The molecule has 0 radical (unpaired) electrons. The Labute approximate surface area is 201 Å². The Kier molecular flexibility index (Phi) is 6.80. The van der Waals surface area contributed by atoms with Crippen molar-refractivity contribution in [3.8, 4) is 5.75 Å². The SMILES string of the molecule is COc1ccccc1NS(=O)(=O)c1ccc2oc(SCC(=O)Nc3cc(C)cc(C)c3)nc2c1. The van der Waals surface area contributed by atoms with E-state index in [1.807, 2.05) is 32.0 Å². The van der Waals surface area contributed by atoms with E-state index in [-0.39, 0.29) is 21.8 Å². The van der Waals surface area contributed by atoms with Crippen molar-refractivity contribution in [2.75, 3.05) is 22.9 Å². The number of anilines is 2. The Morgan fingerprint density at radius 2 is 1.79 bits per heavy atom. The number of carbonyl (C=O) groups is 1. The summed E-state index contributed by atoms with van der Waals surface area (Å²) in [5.74, 6) is 0.313. The average molecular weight is 498 g/mol. The summed E-state index contributed by atoms with van der Waals surface area (Å²) in [6.07, 6.45) is 0. The third-order valence-corrected chi connectivity index (χ3v) is 7.02. The summed E-state index contributed by atoms with van der Waals surface area (Å²) in [6, 6.07) is 17.0. The second-order valence-electron chi connectivity index (χ2n) is 7.63. The number of hydrogen-bond donors (Lipinski definition) is 2. The van der Waals surface area contributed by atoms with E-state index in [1.54, 1.807) is 30.3 Å². The van der Waals surface area contributed by atoms with E-state index in [2.05, 4.69) is 15.0 Å². The zero-order valence-electron chi connectivity index (χ0n) is 18.8. The van der Waals surface area contributed by atoms with E-state index in [0.717, 1.165) is 28.6 Å². The fraction of sp³-hybridized carbons (Fsp3) is 0.167. The second-order valence-corrected chi connectivity index (χ2v) is 10.2. The Hall–Kier alpha value is -3.50. The number of thioether (sulfide) groups is 1. The molecule has 1 amide bonds. The fourth-order valence-corrected chi connectivity index (χ4v) is 5.15. The Balaban J connectivity index is 1.46. The van der Waals surface area contributed by atoms with Crippen LogP contribution in [0.5, 0.6) is 5.75 Å². The van der Waals surface area contributed by atoms with Crippen molar-refractivity contribution in [3.05, 3.63) is 71.8 Å². The van der Waals surface area contributed by atoms with Crippen molar-refractivity contribution in [1.82, 2.24) is 4.98 Å². The van der Waals surface area contributed by atoms with Crippen LogP contribution in [0.3, 0.4) is 0 Å². The van der Waals surface area contributed by atoms with Crippen LogP contribution in [0.4, 0.5) is 11.4 Å². The highest BCUT2D eigenvalue weighted by Crippen LogP contribution is 2.29. The van der Waals surface area contributed by atoms with Crippen molar-refractivity contribution in [3.63, 3.8) is 0 Å². The zero-order chi connectivity index (χ0) is 24.3. The van der Waals surface area contributed by atoms with E-state index in [1.165, 1.54) is 19.2 Å². The van der Waals surface area contributed by atoms with E-state index in [0.29, 0.717) is 22.5 Å². The molecule has 1 heterocycles. The lowest BCUT2D eigenvalue weighted by atomic mass is 10.1. The molecule has 0 aliphatic carbocycles. The lowest BCUT2D eigenvalue weighted by Crippen LogP contribution is -2.14. The molecule has 0 unspecified atom stereocenters. The molecule has 0 aliphatic heterocycles. The van der Waals surface area contributed by atoms with Gasteiger partial charge in [0.1, 0.15) is 11.3 Å². The van der Waals surface area contributed by atoms with Crippen LogP contribution in [0.25, 0.3) is 11.1 Å². The zero-order valence-corrected chi connectivity index (χ0v) is 20.4. The van der Waals surface area contributed by atoms with Crippen molar-refractivity contribution in [2.45, 2.75) is 24.0 Å². The van der Waals surface area contributed by atoms with Crippen molar-refractivity contribution in [1.29, 1.82) is 0 Å². The molecule has 0 saturated carbocycles. The molecule has 4 aromatic rings. The quantitative estimate of drug-likeness (QED) is 0.330. The number of amides is 1. The van der Waals surface area contributed by atoms with Crippen molar-refractivity contribution < 1.29 is 22.4 Å². The number of ether oxygens (including phenoxy) is 1. The molecule has 8 nitrogen and oxygen atoms in total. The molecule has 0 spiro atoms. The minimum Gasteiger partial charge on any atom is -0.495 e. The van der Waals surface area contributed by atoms with Gasteiger partial charge in [0.15, 0.2) is 5.58 Å². The van der Waals surface area contributed by atoms with Crippen LogP contribution in [-0.4, -0.2) is 32.2 Å². The minimum atomic E-state index is -3.88. The topological polar surface area (TPSA) is 111 Å². The van der Waals surface area contributed by atoms with Crippen LogP contribution >= 0.6 is 11.8 Å². The largest absolute Gasteiger partial charge is 0.495 e. The van der Waals surface area contributed by atoms with Gasteiger partial charge in [0.25, 0.3) is 15.2 Å². The first kappa shape index (κ1) is 23.7. The molecule has 2 N–H and O–H groups in total. The van der Waals surface area contributed by atoms with E-state index in [4.69, 9.17) is 9.15 Å². The normalized spacial score (nSPS) is 11.4. The van der Waals surface area contributed by atoms with Gasteiger partial charge in [-0.05, 0) is 67.4 Å². The maximum Gasteiger partial charge on any atom is 0.262 e. The summed E-state index contributed by atoms with van der Waals surface area (Å²) in [4.78, 5) is 16.7. The summed E-state index contributed by atoms with van der Waals surface area (Å²) >= 11 is 1.13. The molecular formula is C24H23N3O5S2. The highest BCUT2D eigenvalue weighted by molar-refractivity contribution is 7.99. The van der Waals surface area contributed by atoms with Gasteiger partial charge >= 0.3 is 0 Å². The summed E-state index contributed by atoms with van der Waals surface area (Å²) in [5, 5.41) is 3.14. The van der Waals surface area contributed by atoms with Crippen LogP contribution < -0.4 is 14.8 Å². The first-order valence-electron chi connectivity index (χ1n) is 10.3. The molecule has 34 heavy (non-hydrogen) atoms. The Morgan fingerprint density at radius 1 is 1.06 bits per heavy atom. The smallest absolute Gasteiger partial charge is 0.262 e. The molecule has 0 atom stereocenters. The molecule has 1 aromatic heterocycles. The number of rotatable bonds is 8. The summed E-state index contributed by atoms with van der Waals surface area (Å²) in [5.41, 5.74) is 3.99. The molecule has 10 heteroatoms. The number of nitrogens with zero attached hydrogens (tertiary/aromatic N) is 1. The van der Waals surface area contributed by atoms with Gasteiger partial charge in [-0.1, -0.05) is 30.0 Å². The average Bonchev–Trinajstić information content (AvgIpc) is 3.19. The molecule has 3 aromatic carbocycles. The monoisotopic (exact) mass is 497 g/mol. The maximum absolute atomic E-state index is 12.9. The number of methoxy groups -OCH3 is 1. The van der Waals surface area contributed by atoms with Crippen LogP contribution in [0.2, 0.25) is 0 Å². The van der Waals surface area contributed by atoms with E-state index in [9.17, 15) is 13.2 Å². The fourth-order valence-electron chi connectivity index (χ4n) is 3.42. The van der Waals surface area contributed by atoms with Gasteiger partial charge in [0.05, 0.1) is 23.4 Å². The van der Waals surface area contributed by atoms with Crippen molar-refractivity contribution in [2.24, 2.45) is 0 Å². The van der Waals surface area contributed by atoms with Gasteiger partial charge in [0, 0.05) is 5.69 Å². The molecule has 0 fully saturated rings. The molecule has 4 rings (SSSR count). The third-order valence-electron chi connectivity index (χ3n) is 4.83. The lowest BCUT2D eigenvalue weighted by Gasteiger charge is -2.11. The number of aryl methyl sites for hydroxylation is 2. The second kappa shape index (κ2) is 9.78. The predicted octanol–water partition coefficient (Wildman–Crippen LogP) is 4.98. The van der Waals surface area contributed by atoms with Gasteiger partial charge in [-0.3, -0.25) is 9.52 Å². The minimum absolute atomic E-state index is 0.0308. The maximum atomic E-state index is 12.9. The Bertz CT molecular complexity index is 1440. The number of fused-ring (bicyclic) bond motifs is 1. The van der Waals surface area contributed by atoms with Gasteiger partial charge in [-0.25, -0.2) is 13.4 Å². The van der Waals surface area contributed by atoms with E-state index < -0.39 is 10.0 Å². The summed E-state index contributed by atoms with van der Waals surface area (Å²) in [6.45, 7) is 3.94. The standard InChI is InChI=1S/C24H23N3O5S2/c1-15-10-16(2)12-17(11-15)25-23(28)14-33-24-26-20-13-18(8-9-22(20)32-24)34(29,30)27-19-6-4-5-7-21(19)31-3/h4-13,27H,14H2,1-3H3,(H,25,28). The molecule has 0 saturated heterocycles. The van der Waals surface area contributed by atoms with Gasteiger partial charge in [-0.2, -0.15) is 0 Å². The highest BCUT2D eigenvalue weighted by atomic mass is 32.2. The summed E-state index contributed by atoms with van der Waals surface area (Å²) < 4.78 is 39.1. The molecule has 0 bridgehead atoms. The van der Waals surface area contributed by atoms with Gasteiger partial charge < -0.3 is 14.5 Å². The van der Waals surface area contributed by atoms with Crippen LogP contribution in [-0.2, 0) is 14.8 Å². The molecule has 176 valence electrons. The van der Waals surface area contributed by atoms with Gasteiger partial charge in [-0.15, -0.1) is 0 Å². The molecular weight excluding hydrogens is 474 g/mol. The van der Waals surface area contributed by atoms with Crippen molar-refractivity contribution >= 4 is 50.2 Å². The number of sulfonamides is 1. The number of nitrogens with one attached hydrogen (secondary N) is 2. The molecule has 0 aliphatic rings.